The molecule has 0 radical (unpaired) electrons. The van der Waals surface area contributed by atoms with Crippen molar-refractivity contribution in [3.63, 3.8) is 0 Å². The summed E-state index contributed by atoms with van der Waals surface area (Å²) in [4.78, 5) is 27.2. The minimum absolute atomic E-state index is 0.0520. The van der Waals surface area contributed by atoms with E-state index in [4.69, 9.17) is 9.47 Å². The van der Waals surface area contributed by atoms with Crippen LogP contribution in [0.2, 0.25) is 0 Å². The average Bonchev–Trinajstić information content (AvgIpc) is 2.88. The van der Waals surface area contributed by atoms with Crippen molar-refractivity contribution in [2.24, 2.45) is 0 Å². The van der Waals surface area contributed by atoms with Gasteiger partial charge in [0.2, 0.25) is 22.0 Å². The molecular formula is C23H27N3O6S. The van der Waals surface area contributed by atoms with Crippen molar-refractivity contribution in [3.05, 3.63) is 54.6 Å². The van der Waals surface area contributed by atoms with Crippen LogP contribution in [0, 0.1) is 0 Å². The number of sulfonamides is 1. The van der Waals surface area contributed by atoms with Gasteiger partial charge in [-0.3, -0.25) is 9.59 Å². The number of para-hydroxylation sites is 2. The molecular weight excluding hydrogens is 446 g/mol. The number of carbonyl (C=O) groups is 2. The quantitative estimate of drug-likeness (QED) is 0.720. The van der Waals surface area contributed by atoms with E-state index >= 15 is 0 Å². The van der Waals surface area contributed by atoms with Gasteiger partial charge < -0.3 is 19.7 Å². The van der Waals surface area contributed by atoms with Crippen LogP contribution in [-0.2, 0) is 19.6 Å². The molecule has 0 spiro atoms. The van der Waals surface area contributed by atoms with Crippen molar-refractivity contribution < 1.29 is 27.5 Å². The molecule has 1 fully saturated rings. The van der Waals surface area contributed by atoms with Gasteiger partial charge in [0.15, 0.2) is 11.5 Å². The van der Waals surface area contributed by atoms with E-state index in [-0.39, 0.29) is 49.4 Å². The fourth-order valence-corrected chi connectivity index (χ4v) is 5.35. The number of carbonyl (C=O) groups excluding carboxylic acids is 2. The van der Waals surface area contributed by atoms with Crippen LogP contribution in [0.5, 0.6) is 11.5 Å². The van der Waals surface area contributed by atoms with Crippen molar-refractivity contribution in [1.82, 2.24) is 14.5 Å². The maximum absolute atomic E-state index is 13.2. The summed E-state index contributed by atoms with van der Waals surface area (Å²) in [5.41, 5.74) is 0. The van der Waals surface area contributed by atoms with Crippen molar-refractivity contribution >= 4 is 21.8 Å². The van der Waals surface area contributed by atoms with Crippen LogP contribution < -0.4 is 14.8 Å². The van der Waals surface area contributed by atoms with Gasteiger partial charge in [0, 0.05) is 39.1 Å². The Morgan fingerprint density at radius 3 is 2.45 bits per heavy atom. The fourth-order valence-electron chi connectivity index (χ4n) is 3.85. The number of nitrogens with zero attached hydrogens (tertiary/aromatic N) is 2. The van der Waals surface area contributed by atoms with Gasteiger partial charge >= 0.3 is 0 Å². The molecule has 9 nitrogen and oxygen atoms in total. The summed E-state index contributed by atoms with van der Waals surface area (Å²) >= 11 is 0. The van der Waals surface area contributed by atoms with E-state index in [1.165, 1.54) is 16.4 Å². The molecule has 2 amide bonds. The highest BCUT2D eigenvalue weighted by atomic mass is 32.2. The number of fused-ring (bicyclic) bond motifs is 1. The number of benzene rings is 2. The zero-order chi connectivity index (χ0) is 23.3. The third-order valence-electron chi connectivity index (χ3n) is 5.60. The van der Waals surface area contributed by atoms with E-state index in [0.29, 0.717) is 31.0 Å². The lowest BCUT2D eigenvalue weighted by molar-refractivity contribution is -0.141. The zero-order valence-corrected chi connectivity index (χ0v) is 19.0. The first-order valence-corrected chi connectivity index (χ1v) is 12.4. The summed E-state index contributed by atoms with van der Waals surface area (Å²) in [6.45, 7) is 1.27. The molecule has 0 aromatic heterocycles. The molecule has 2 aliphatic rings. The van der Waals surface area contributed by atoms with Crippen LogP contribution in [0.4, 0.5) is 0 Å². The second kappa shape index (κ2) is 10.2. The highest BCUT2D eigenvalue weighted by Crippen LogP contribution is 2.31. The number of hydrogen-bond donors (Lipinski definition) is 1. The van der Waals surface area contributed by atoms with Crippen molar-refractivity contribution in [2.75, 3.05) is 39.3 Å². The third kappa shape index (κ3) is 5.45. The number of ether oxygens (including phenoxy) is 2. The SMILES string of the molecule is O=C1CCN(S(=O)(=O)c2ccccc2)CCCN(C(=O)C2COc3ccccc3O2)CCN1. The maximum atomic E-state index is 13.2. The van der Waals surface area contributed by atoms with Crippen molar-refractivity contribution in [2.45, 2.75) is 23.8 Å². The van der Waals surface area contributed by atoms with E-state index in [0.717, 1.165) is 0 Å². The standard InChI is InChI=1S/C23H27N3O6S/c27-22-11-15-26(33(29,30)18-7-2-1-3-8-18)14-6-13-25(16-12-24-22)23(28)21-17-31-19-9-4-5-10-20(19)32-21/h1-5,7-10,21H,6,11-17H2,(H,24,27). The van der Waals surface area contributed by atoms with Crippen LogP contribution in [0.25, 0.3) is 0 Å². The van der Waals surface area contributed by atoms with Crippen LogP contribution in [0.1, 0.15) is 12.8 Å². The Bertz CT molecular complexity index is 1090. The molecule has 10 heteroatoms. The van der Waals surface area contributed by atoms with E-state index in [2.05, 4.69) is 5.32 Å². The second-order valence-corrected chi connectivity index (χ2v) is 9.80. The van der Waals surface area contributed by atoms with Crippen LogP contribution in [0.15, 0.2) is 59.5 Å². The number of hydrogen-bond acceptors (Lipinski definition) is 6. The lowest BCUT2D eigenvalue weighted by Gasteiger charge is -2.31. The molecule has 1 atom stereocenters. The lowest BCUT2D eigenvalue weighted by atomic mass is 10.2. The molecule has 0 saturated carbocycles. The number of nitrogens with one attached hydrogen (secondary N) is 1. The summed E-state index contributed by atoms with van der Waals surface area (Å²) in [7, 11) is -3.75. The topological polar surface area (TPSA) is 105 Å². The highest BCUT2D eigenvalue weighted by Gasteiger charge is 2.32. The van der Waals surface area contributed by atoms with Gasteiger partial charge in [0.1, 0.15) is 6.61 Å². The predicted molar refractivity (Wildman–Crippen MR) is 120 cm³/mol. The third-order valence-corrected chi connectivity index (χ3v) is 7.52. The Hall–Kier alpha value is -3.11. The van der Waals surface area contributed by atoms with Crippen molar-refractivity contribution in [1.29, 1.82) is 0 Å². The summed E-state index contributed by atoms with van der Waals surface area (Å²) in [5, 5.41) is 2.77. The predicted octanol–water partition coefficient (Wildman–Crippen LogP) is 1.26. The normalized spacial score (nSPS) is 20.4. The van der Waals surface area contributed by atoms with Crippen LogP contribution in [-0.4, -0.2) is 74.9 Å². The Labute approximate surface area is 193 Å². The Morgan fingerprint density at radius 2 is 1.67 bits per heavy atom. The van der Waals surface area contributed by atoms with Crippen LogP contribution in [0.3, 0.4) is 0 Å². The molecule has 2 aliphatic heterocycles. The average molecular weight is 474 g/mol. The molecule has 2 aromatic rings. The largest absolute Gasteiger partial charge is 0.485 e. The Morgan fingerprint density at radius 1 is 0.939 bits per heavy atom. The van der Waals surface area contributed by atoms with Gasteiger partial charge in [-0.1, -0.05) is 30.3 Å². The molecule has 4 rings (SSSR count). The first-order valence-electron chi connectivity index (χ1n) is 10.9. The van der Waals surface area contributed by atoms with Gasteiger partial charge in [-0.15, -0.1) is 0 Å². The molecule has 1 N–H and O–H groups in total. The van der Waals surface area contributed by atoms with Crippen molar-refractivity contribution in [3.8, 4) is 11.5 Å². The molecule has 1 unspecified atom stereocenters. The minimum atomic E-state index is -3.75. The van der Waals surface area contributed by atoms with Gasteiger partial charge in [-0.2, -0.15) is 4.31 Å². The molecule has 33 heavy (non-hydrogen) atoms. The minimum Gasteiger partial charge on any atom is -0.485 e. The van der Waals surface area contributed by atoms with Gasteiger partial charge in [-0.25, -0.2) is 8.42 Å². The smallest absolute Gasteiger partial charge is 0.267 e. The molecule has 2 aromatic carbocycles. The molecule has 1 saturated heterocycles. The first kappa shape index (κ1) is 23.1. The Kier molecular flexibility index (Phi) is 7.14. The van der Waals surface area contributed by atoms with Gasteiger partial charge in [-0.05, 0) is 30.7 Å². The Balaban J connectivity index is 1.46. The first-order chi connectivity index (χ1) is 15.9. The van der Waals surface area contributed by atoms with Gasteiger partial charge in [0.25, 0.3) is 5.91 Å². The number of amides is 2. The van der Waals surface area contributed by atoms with Gasteiger partial charge in [0.05, 0.1) is 4.90 Å². The maximum Gasteiger partial charge on any atom is 0.267 e. The van der Waals surface area contributed by atoms with Crippen LogP contribution >= 0.6 is 0 Å². The summed E-state index contributed by atoms with van der Waals surface area (Å²) < 4.78 is 39.0. The number of rotatable bonds is 3. The molecule has 176 valence electrons. The molecule has 0 bridgehead atoms. The zero-order valence-electron chi connectivity index (χ0n) is 18.2. The molecule has 0 aliphatic carbocycles. The van der Waals surface area contributed by atoms with E-state index < -0.39 is 16.1 Å². The van der Waals surface area contributed by atoms with E-state index in [9.17, 15) is 18.0 Å². The summed E-state index contributed by atoms with van der Waals surface area (Å²) in [5.74, 6) is 0.584. The van der Waals surface area contributed by atoms with E-state index in [1.807, 2.05) is 6.07 Å². The summed E-state index contributed by atoms with van der Waals surface area (Å²) in [6.07, 6.45) is -0.322. The monoisotopic (exact) mass is 473 g/mol. The summed E-state index contributed by atoms with van der Waals surface area (Å²) in [6, 6.07) is 15.3. The second-order valence-electron chi connectivity index (χ2n) is 7.86. The highest BCUT2D eigenvalue weighted by molar-refractivity contribution is 7.89. The fraction of sp³-hybridized carbons (Fsp3) is 0.391. The molecule has 2 heterocycles. The van der Waals surface area contributed by atoms with E-state index in [1.54, 1.807) is 41.3 Å². The lowest BCUT2D eigenvalue weighted by Crippen LogP contribution is -2.49.